The molecule has 27 heavy (non-hydrogen) atoms. The van der Waals surface area contributed by atoms with Gasteiger partial charge in [0, 0.05) is 34.6 Å². The Kier molecular flexibility index (Phi) is 4.54. The molecule has 1 aromatic heterocycles. The summed E-state index contributed by atoms with van der Waals surface area (Å²) in [6.07, 6.45) is 3.47. The molecular weight excluding hydrogens is 334 g/mol. The number of nitrogens with zero attached hydrogens (tertiary/aromatic N) is 3. The number of amidine groups is 1. The number of rotatable bonds is 2. The highest BCUT2D eigenvalue weighted by molar-refractivity contribution is 6.24. The summed E-state index contributed by atoms with van der Waals surface area (Å²) in [5.74, 6) is 0.984. The number of benzene rings is 1. The number of aliphatic imine (C=N–C) groups is 2. The van der Waals surface area contributed by atoms with Gasteiger partial charge in [0.05, 0.1) is 11.4 Å². The largest absolute Gasteiger partial charge is 0.507 e. The topological polar surface area (TPSA) is 57.8 Å². The number of phenols is 1. The zero-order valence-electron chi connectivity index (χ0n) is 17.0. The molecule has 4 heteroatoms. The summed E-state index contributed by atoms with van der Waals surface area (Å²) in [4.78, 5) is 13.4. The van der Waals surface area contributed by atoms with Crippen LogP contribution in [0.2, 0.25) is 0 Å². The average molecular weight is 361 g/mol. The summed E-state index contributed by atoms with van der Waals surface area (Å²) < 4.78 is 0. The lowest BCUT2D eigenvalue weighted by molar-refractivity contribution is 0.423. The van der Waals surface area contributed by atoms with Gasteiger partial charge in [0.2, 0.25) is 0 Å². The molecule has 1 aliphatic heterocycles. The van der Waals surface area contributed by atoms with Crippen molar-refractivity contribution in [3.05, 3.63) is 71.2 Å². The van der Waals surface area contributed by atoms with Crippen LogP contribution in [0.5, 0.6) is 5.75 Å². The third kappa shape index (κ3) is 3.70. The van der Waals surface area contributed by atoms with E-state index in [1.54, 1.807) is 12.4 Å². The summed E-state index contributed by atoms with van der Waals surface area (Å²) in [6.45, 7) is 16.6. The van der Waals surface area contributed by atoms with E-state index in [-0.39, 0.29) is 10.8 Å². The number of hydrogen-bond donors (Lipinski definition) is 1. The van der Waals surface area contributed by atoms with Crippen molar-refractivity contribution in [1.82, 2.24) is 4.98 Å². The number of pyridine rings is 1. The SMILES string of the molecule is C=C1N=C(c2cc(C(C)(C)C)c(O)c(C(C)(C)C)c2)N=C1c1ccncc1. The summed E-state index contributed by atoms with van der Waals surface area (Å²) in [5, 5.41) is 10.9. The van der Waals surface area contributed by atoms with E-state index in [9.17, 15) is 5.11 Å². The third-order valence-electron chi connectivity index (χ3n) is 4.67. The molecule has 2 aromatic rings. The number of allylic oxidation sites excluding steroid dienone is 1. The molecule has 0 atom stereocenters. The quantitative estimate of drug-likeness (QED) is 0.804. The number of aromatic hydroxyl groups is 1. The second kappa shape index (κ2) is 6.45. The first-order chi connectivity index (χ1) is 12.5. The van der Waals surface area contributed by atoms with Gasteiger partial charge >= 0.3 is 0 Å². The molecule has 0 saturated carbocycles. The molecule has 140 valence electrons. The standard InChI is InChI=1S/C23H27N3O/c1-14-19(15-8-10-24-11-9-15)26-21(25-14)16-12-17(22(2,3)4)20(27)18(13-16)23(5,6)7/h8-13,27H,1H2,2-7H3. The van der Waals surface area contributed by atoms with Gasteiger partial charge in [-0.25, -0.2) is 9.98 Å². The summed E-state index contributed by atoms with van der Waals surface area (Å²) in [7, 11) is 0. The Balaban J connectivity index is 2.16. The first kappa shape index (κ1) is 19.0. The van der Waals surface area contributed by atoms with Gasteiger partial charge in [-0.05, 0) is 35.1 Å². The molecule has 0 fully saturated rings. The van der Waals surface area contributed by atoms with Gasteiger partial charge in [-0.15, -0.1) is 0 Å². The molecule has 0 unspecified atom stereocenters. The van der Waals surface area contributed by atoms with Gasteiger partial charge in [0.1, 0.15) is 5.75 Å². The third-order valence-corrected chi connectivity index (χ3v) is 4.67. The monoisotopic (exact) mass is 361 g/mol. The summed E-state index contributed by atoms with van der Waals surface area (Å²) >= 11 is 0. The van der Waals surface area contributed by atoms with Crippen LogP contribution in [0.25, 0.3) is 0 Å². The van der Waals surface area contributed by atoms with Crippen molar-refractivity contribution in [2.45, 2.75) is 52.4 Å². The van der Waals surface area contributed by atoms with Gasteiger partial charge in [-0.1, -0.05) is 48.1 Å². The van der Waals surface area contributed by atoms with Crippen molar-refractivity contribution < 1.29 is 5.11 Å². The van der Waals surface area contributed by atoms with Crippen LogP contribution in [0.1, 0.15) is 63.8 Å². The maximum absolute atomic E-state index is 10.9. The van der Waals surface area contributed by atoms with Crippen molar-refractivity contribution in [3.63, 3.8) is 0 Å². The number of hydrogen-bond acceptors (Lipinski definition) is 4. The zero-order chi connectivity index (χ0) is 20.0. The van der Waals surface area contributed by atoms with Crippen molar-refractivity contribution in [2.24, 2.45) is 9.98 Å². The smallest absolute Gasteiger partial charge is 0.160 e. The Bertz CT molecular complexity index is 920. The fraction of sp³-hybridized carbons (Fsp3) is 0.348. The fourth-order valence-corrected chi connectivity index (χ4v) is 3.15. The highest BCUT2D eigenvalue weighted by Gasteiger charge is 2.28. The van der Waals surface area contributed by atoms with E-state index < -0.39 is 0 Å². The minimum atomic E-state index is -0.200. The zero-order valence-corrected chi connectivity index (χ0v) is 17.0. The summed E-state index contributed by atoms with van der Waals surface area (Å²) in [6, 6.07) is 7.80. The highest BCUT2D eigenvalue weighted by Crippen LogP contribution is 2.40. The average Bonchev–Trinajstić information content (AvgIpc) is 2.95. The van der Waals surface area contributed by atoms with Crippen molar-refractivity contribution in [3.8, 4) is 5.75 Å². The van der Waals surface area contributed by atoms with E-state index in [0.717, 1.165) is 28.0 Å². The second-order valence-electron chi connectivity index (χ2n) is 9.00. The summed E-state index contributed by atoms with van der Waals surface area (Å²) in [5.41, 5.74) is 4.63. The molecule has 0 bridgehead atoms. The fourth-order valence-electron chi connectivity index (χ4n) is 3.15. The van der Waals surface area contributed by atoms with Crippen LogP contribution in [-0.4, -0.2) is 21.6 Å². The maximum Gasteiger partial charge on any atom is 0.160 e. The van der Waals surface area contributed by atoms with Gasteiger partial charge in [0.15, 0.2) is 5.84 Å². The van der Waals surface area contributed by atoms with Crippen molar-refractivity contribution >= 4 is 11.5 Å². The van der Waals surface area contributed by atoms with Crippen LogP contribution in [0.4, 0.5) is 0 Å². The van der Waals surface area contributed by atoms with E-state index in [2.05, 4.69) is 58.1 Å². The van der Waals surface area contributed by atoms with Crippen LogP contribution in [0.3, 0.4) is 0 Å². The number of phenolic OH excluding ortho intramolecular Hbond substituents is 1. The lowest BCUT2D eigenvalue weighted by Gasteiger charge is -2.28. The molecule has 0 radical (unpaired) electrons. The molecule has 1 aliphatic rings. The normalized spacial score (nSPS) is 15.0. The molecule has 1 N–H and O–H groups in total. The molecule has 4 nitrogen and oxygen atoms in total. The highest BCUT2D eigenvalue weighted by atomic mass is 16.3. The molecule has 0 amide bonds. The van der Waals surface area contributed by atoms with Crippen LogP contribution < -0.4 is 0 Å². The van der Waals surface area contributed by atoms with E-state index in [1.807, 2.05) is 24.3 Å². The molecular formula is C23H27N3O. The van der Waals surface area contributed by atoms with Crippen LogP contribution in [-0.2, 0) is 10.8 Å². The van der Waals surface area contributed by atoms with Gasteiger partial charge in [-0.3, -0.25) is 4.98 Å². The second-order valence-corrected chi connectivity index (χ2v) is 9.00. The predicted octanol–water partition coefficient (Wildman–Crippen LogP) is 5.15. The minimum absolute atomic E-state index is 0.200. The van der Waals surface area contributed by atoms with Crippen LogP contribution in [0.15, 0.2) is 58.9 Å². The first-order valence-electron chi connectivity index (χ1n) is 9.14. The van der Waals surface area contributed by atoms with E-state index >= 15 is 0 Å². The van der Waals surface area contributed by atoms with Gasteiger partial charge in [0.25, 0.3) is 0 Å². The molecule has 0 aliphatic carbocycles. The van der Waals surface area contributed by atoms with Gasteiger partial charge in [-0.2, -0.15) is 0 Å². The predicted molar refractivity (Wildman–Crippen MR) is 112 cm³/mol. The molecule has 1 aromatic carbocycles. The molecule has 3 rings (SSSR count). The lowest BCUT2D eigenvalue weighted by Crippen LogP contribution is -2.18. The molecule has 0 saturated heterocycles. The van der Waals surface area contributed by atoms with Crippen molar-refractivity contribution in [2.75, 3.05) is 0 Å². The Morgan fingerprint density at radius 1 is 0.815 bits per heavy atom. The van der Waals surface area contributed by atoms with Crippen LogP contribution in [0, 0.1) is 0 Å². The van der Waals surface area contributed by atoms with E-state index in [1.165, 1.54) is 0 Å². The minimum Gasteiger partial charge on any atom is -0.507 e. The molecule has 0 spiro atoms. The lowest BCUT2D eigenvalue weighted by atomic mass is 9.78. The Hall–Kier alpha value is -2.75. The van der Waals surface area contributed by atoms with E-state index in [0.29, 0.717) is 17.3 Å². The molecule has 2 heterocycles. The van der Waals surface area contributed by atoms with Crippen LogP contribution >= 0.6 is 0 Å². The Morgan fingerprint density at radius 2 is 1.33 bits per heavy atom. The number of aromatic nitrogens is 1. The van der Waals surface area contributed by atoms with E-state index in [4.69, 9.17) is 4.99 Å². The Labute approximate surface area is 161 Å². The van der Waals surface area contributed by atoms with Crippen molar-refractivity contribution in [1.29, 1.82) is 0 Å². The van der Waals surface area contributed by atoms with Gasteiger partial charge < -0.3 is 5.11 Å². The first-order valence-corrected chi connectivity index (χ1v) is 9.14. The maximum atomic E-state index is 10.9. The Morgan fingerprint density at radius 3 is 1.81 bits per heavy atom.